The minimum Gasteiger partial charge on any atom is -0.469 e. The van der Waals surface area contributed by atoms with E-state index in [9.17, 15) is 9.90 Å². The van der Waals surface area contributed by atoms with Gasteiger partial charge in [-0.2, -0.15) is 0 Å². The van der Waals surface area contributed by atoms with Crippen LogP contribution in [0.25, 0.3) is 0 Å². The third-order valence-corrected chi connectivity index (χ3v) is 12.4. The van der Waals surface area contributed by atoms with Crippen molar-refractivity contribution in [3.05, 3.63) is 0 Å². The summed E-state index contributed by atoms with van der Waals surface area (Å²) < 4.78 is 4.88. The van der Waals surface area contributed by atoms with Crippen LogP contribution in [0.2, 0.25) is 0 Å². The highest BCUT2D eigenvalue weighted by Crippen LogP contribution is 2.44. The van der Waals surface area contributed by atoms with Gasteiger partial charge in [0, 0.05) is 13.0 Å². The zero-order chi connectivity index (χ0) is 37.6. The number of hydrogen-bond donors (Lipinski definition) is 1. The molecule has 0 heterocycles. The minimum atomic E-state index is -0.0500. The molecule has 0 aliphatic rings. The van der Waals surface area contributed by atoms with Crippen LogP contribution in [0.15, 0.2) is 0 Å². The lowest BCUT2D eigenvalue weighted by Gasteiger charge is -2.40. The monoisotopic (exact) mass is 695 g/mol. The van der Waals surface area contributed by atoms with Gasteiger partial charge in [-0.05, 0) is 84.9 Å². The molecule has 8 atom stereocenters. The van der Waals surface area contributed by atoms with Crippen LogP contribution in [0.4, 0.5) is 0 Å². The number of rotatable bonds is 31. The normalized spacial score (nSPS) is 17.8. The number of aliphatic hydroxyl groups is 1. The second kappa shape index (κ2) is 33.3. The summed E-state index contributed by atoms with van der Waals surface area (Å²) in [5, 5.41) is 9.42. The highest BCUT2D eigenvalue weighted by atomic mass is 16.5. The summed E-state index contributed by atoms with van der Waals surface area (Å²) in [6.45, 7) is 28.9. The van der Waals surface area contributed by atoms with Gasteiger partial charge in [0.15, 0.2) is 0 Å². The van der Waals surface area contributed by atoms with Crippen molar-refractivity contribution in [1.82, 2.24) is 0 Å². The summed E-state index contributed by atoms with van der Waals surface area (Å²) >= 11 is 0. The molecule has 0 radical (unpaired) electrons. The molecule has 0 fully saturated rings. The first kappa shape index (κ1) is 50.5. The number of carbonyl (C=O) groups excluding carboxylic acids is 1. The third kappa shape index (κ3) is 21.5. The highest BCUT2D eigenvalue weighted by Gasteiger charge is 2.35. The van der Waals surface area contributed by atoms with Crippen molar-refractivity contribution in [3.63, 3.8) is 0 Å². The molecule has 0 bridgehead atoms. The van der Waals surface area contributed by atoms with E-state index in [2.05, 4.69) is 83.1 Å². The van der Waals surface area contributed by atoms with Crippen LogP contribution in [0.1, 0.15) is 218 Å². The summed E-state index contributed by atoms with van der Waals surface area (Å²) in [6.07, 6.45) is 26.1. The zero-order valence-corrected chi connectivity index (χ0v) is 36.1. The van der Waals surface area contributed by atoms with E-state index in [1.54, 1.807) is 0 Å². The maximum absolute atomic E-state index is 11.6. The molecule has 0 aliphatic carbocycles. The van der Waals surface area contributed by atoms with Crippen molar-refractivity contribution >= 4 is 5.97 Å². The molecular weight excluding hydrogens is 601 g/mol. The predicted molar refractivity (Wildman–Crippen MR) is 219 cm³/mol. The molecule has 296 valence electrons. The van der Waals surface area contributed by atoms with Crippen molar-refractivity contribution in [2.75, 3.05) is 13.7 Å². The maximum atomic E-state index is 11.6. The minimum absolute atomic E-state index is 0.0500. The van der Waals surface area contributed by atoms with E-state index in [0.717, 1.165) is 72.0 Å². The third-order valence-electron chi connectivity index (χ3n) is 12.4. The molecule has 0 aromatic rings. The topological polar surface area (TPSA) is 46.5 Å². The van der Waals surface area contributed by atoms with E-state index in [4.69, 9.17) is 4.74 Å². The lowest BCUT2D eigenvalue weighted by atomic mass is 9.65. The smallest absolute Gasteiger partial charge is 0.305 e. The van der Waals surface area contributed by atoms with Crippen molar-refractivity contribution < 1.29 is 14.6 Å². The largest absolute Gasteiger partial charge is 0.469 e. The Morgan fingerprint density at radius 1 is 0.429 bits per heavy atom. The highest BCUT2D eigenvalue weighted by molar-refractivity contribution is 5.68. The van der Waals surface area contributed by atoms with Gasteiger partial charge in [0.2, 0.25) is 0 Å². The van der Waals surface area contributed by atoms with Gasteiger partial charge in [-0.25, -0.2) is 0 Å². The number of carbonyl (C=O) groups is 1. The summed E-state index contributed by atoms with van der Waals surface area (Å²) in [6, 6.07) is 0. The lowest BCUT2D eigenvalue weighted by molar-refractivity contribution is -0.140. The van der Waals surface area contributed by atoms with E-state index < -0.39 is 0 Å². The molecular formula is C46H94O3. The predicted octanol–water partition coefficient (Wildman–Crippen LogP) is 14.7. The molecule has 0 rings (SSSR count). The SMILES string of the molecule is CCCC(C)C(CCC)C(CCCC(=O)OC)C(CCC)C(C)CCC.CCCC(C)C(CCC)C(CCCO)C(CCC)C(C)CCC. The quantitative estimate of drug-likeness (QED) is 0.0735. The molecule has 8 unspecified atom stereocenters. The Labute approximate surface area is 310 Å². The Morgan fingerprint density at radius 3 is 0.918 bits per heavy atom. The fourth-order valence-electron chi connectivity index (χ4n) is 10.1. The molecule has 3 nitrogen and oxygen atoms in total. The summed E-state index contributed by atoms with van der Waals surface area (Å²) in [5.41, 5.74) is 0. The second-order valence-electron chi connectivity index (χ2n) is 16.5. The van der Waals surface area contributed by atoms with Crippen LogP contribution in [-0.2, 0) is 9.53 Å². The van der Waals surface area contributed by atoms with E-state index in [1.165, 1.54) is 123 Å². The van der Waals surface area contributed by atoms with Crippen LogP contribution < -0.4 is 0 Å². The summed E-state index contributed by atoms with van der Waals surface area (Å²) in [5.74, 6) is 8.05. The number of aliphatic hydroxyl groups excluding tert-OH is 1. The number of ether oxygens (including phenoxy) is 1. The molecule has 0 spiro atoms. The number of methoxy groups -OCH3 is 1. The number of esters is 1. The average Bonchev–Trinajstić information content (AvgIpc) is 3.08. The van der Waals surface area contributed by atoms with Crippen molar-refractivity contribution in [1.29, 1.82) is 0 Å². The van der Waals surface area contributed by atoms with Crippen LogP contribution in [-0.4, -0.2) is 24.8 Å². The Balaban J connectivity index is 0. The Bertz CT molecular complexity index is 662. The molecule has 49 heavy (non-hydrogen) atoms. The fraction of sp³-hybridized carbons (Fsp3) is 0.978. The first-order chi connectivity index (χ1) is 23.5. The standard InChI is InChI=1S/C24H48O2.C22H46O/c1-8-13-19(5)21(15-10-3)23(17-12-18-24(25)26-7)22(16-11-4)20(6)14-9-2;1-7-12-18(5)20(14-9-3)22(16-11-17-23)21(15-10-4)19(6)13-8-2/h19-23H,8-18H2,1-7H3;18-23H,7-17H2,1-6H3. The van der Waals surface area contributed by atoms with Gasteiger partial charge in [0.25, 0.3) is 0 Å². The fourth-order valence-corrected chi connectivity index (χ4v) is 10.1. The Kier molecular flexibility index (Phi) is 34.3. The summed E-state index contributed by atoms with van der Waals surface area (Å²) in [7, 11) is 1.51. The van der Waals surface area contributed by atoms with Crippen LogP contribution in [0.5, 0.6) is 0 Å². The number of hydrogen-bond acceptors (Lipinski definition) is 3. The van der Waals surface area contributed by atoms with Gasteiger partial charge in [0.05, 0.1) is 7.11 Å². The van der Waals surface area contributed by atoms with E-state index in [0.29, 0.717) is 13.0 Å². The van der Waals surface area contributed by atoms with E-state index in [-0.39, 0.29) is 5.97 Å². The van der Waals surface area contributed by atoms with Crippen LogP contribution in [0, 0.1) is 59.2 Å². The van der Waals surface area contributed by atoms with Crippen LogP contribution in [0.3, 0.4) is 0 Å². The lowest BCUT2D eigenvalue weighted by Crippen LogP contribution is -2.32. The molecule has 0 aromatic heterocycles. The van der Waals surface area contributed by atoms with Gasteiger partial charge in [-0.15, -0.1) is 0 Å². The van der Waals surface area contributed by atoms with Gasteiger partial charge < -0.3 is 9.84 Å². The van der Waals surface area contributed by atoms with E-state index in [1.807, 2.05) is 0 Å². The molecule has 0 amide bonds. The molecule has 0 aliphatic heterocycles. The summed E-state index contributed by atoms with van der Waals surface area (Å²) in [4.78, 5) is 11.6. The molecule has 3 heteroatoms. The molecule has 1 N–H and O–H groups in total. The zero-order valence-electron chi connectivity index (χ0n) is 36.1. The van der Waals surface area contributed by atoms with Crippen LogP contribution >= 0.6 is 0 Å². The van der Waals surface area contributed by atoms with E-state index >= 15 is 0 Å². The van der Waals surface area contributed by atoms with Crippen molar-refractivity contribution in [2.24, 2.45) is 59.2 Å². The molecule has 0 aromatic carbocycles. The Morgan fingerprint density at radius 2 is 0.694 bits per heavy atom. The van der Waals surface area contributed by atoms with Crippen molar-refractivity contribution in [2.45, 2.75) is 218 Å². The van der Waals surface area contributed by atoms with Gasteiger partial charge in [0.1, 0.15) is 0 Å². The first-order valence-electron chi connectivity index (χ1n) is 22.2. The van der Waals surface area contributed by atoms with Gasteiger partial charge in [-0.1, -0.05) is 186 Å². The maximum Gasteiger partial charge on any atom is 0.305 e. The molecule has 0 saturated heterocycles. The average molecular weight is 695 g/mol. The van der Waals surface area contributed by atoms with Crippen molar-refractivity contribution in [3.8, 4) is 0 Å². The first-order valence-corrected chi connectivity index (χ1v) is 22.2. The second-order valence-corrected chi connectivity index (χ2v) is 16.5. The Hall–Kier alpha value is -0.570. The molecule has 0 saturated carbocycles. The van der Waals surface area contributed by atoms with Gasteiger partial charge >= 0.3 is 5.97 Å². The van der Waals surface area contributed by atoms with Gasteiger partial charge in [-0.3, -0.25) is 4.79 Å².